The largest absolute Gasteiger partial charge is 0.504 e. The van der Waals surface area contributed by atoms with Gasteiger partial charge in [-0.25, -0.2) is 4.39 Å². The van der Waals surface area contributed by atoms with Crippen LogP contribution in [0.25, 0.3) is 10.4 Å². The minimum Gasteiger partial charge on any atom is -0.504 e. The first-order chi connectivity index (χ1) is 7.25. The smallest absolute Gasteiger partial charge is 0.167 e. The number of azide groups is 1. The minimum absolute atomic E-state index is 0.232. The van der Waals surface area contributed by atoms with Gasteiger partial charge in [0.1, 0.15) is 0 Å². The molecule has 1 N–H and O–H groups in total. The maximum atomic E-state index is 12.8. The van der Waals surface area contributed by atoms with Crippen LogP contribution in [-0.4, -0.2) is 11.7 Å². The molecule has 15 heavy (non-hydrogen) atoms. The first-order valence-corrected chi connectivity index (χ1v) is 4.23. The Balaban J connectivity index is 2.71. The second-order valence-corrected chi connectivity index (χ2v) is 2.64. The Morgan fingerprint density at radius 3 is 3.07 bits per heavy atom. The molecule has 0 saturated carbocycles. The van der Waals surface area contributed by atoms with Crippen LogP contribution in [-0.2, 0) is 0 Å². The van der Waals surface area contributed by atoms with E-state index >= 15 is 0 Å². The molecule has 1 aromatic carbocycles. The van der Waals surface area contributed by atoms with Crippen LogP contribution in [0, 0.1) is 17.7 Å². The van der Waals surface area contributed by atoms with Gasteiger partial charge in [-0.15, -0.1) is 0 Å². The minimum atomic E-state index is -0.697. The van der Waals surface area contributed by atoms with Crippen molar-refractivity contribution in [2.75, 3.05) is 6.54 Å². The number of phenols is 1. The molecule has 0 amide bonds. The van der Waals surface area contributed by atoms with E-state index in [0.717, 1.165) is 6.07 Å². The Morgan fingerprint density at radius 1 is 1.53 bits per heavy atom. The SMILES string of the molecule is [N-]=[N+]=NCCC#Cc1cccc(F)c1O. The van der Waals surface area contributed by atoms with Crippen molar-refractivity contribution in [1.82, 2.24) is 0 Å². The molecule has 1 aromatic rings. The Hall–Kier alpha value is -2.18. The van der Waals surface area contributed by atoms with Crippen molar-refractivity contribution < 1.29 is 9.50 Å². The van der Waals surface area contributed by atoms with Gasteiger partial charge >= 0.3 is 0 Å². The van der Waals surface area contributed by atoms with E-state index in [1.165, 1.54) is 12.1 Å². The fraction of sp³-hybridized carbons (Fsp3) is 0.200. The average Bonchev–Trinajstić information content (AvgIpc) is 2.24. The highest BCUT2D eigenvalue weighted by molar-refractivity contribution is 5.45. The summed E-state index contributed by atoms with van der Waals surface area (Å²) in [6.45, 7) is 0.263. The molecule has 0 aliphatic rings. The number of phenolic OH excluding ortho intramolecular Hbond substituents is 1. The highest BCUT2D eigenvalue weighted by Crippen LogP contribution is 2.19. The number of nitrogens with zero attached hydrogens (tertiary/aromatic N) is 3. The van der Waals surface area contributed by atoms with Crippen LogP contribution in [0.15, 0.2) is 23.3 Å². The predicted molar refractivity (Wildman–Crippen MR) is 53.6 cm³/mol. The summed E-state index contributed by atoms with van der Waals surface area (Å²) < 4.78 is 12.8. The summed E-state index contributed by atoms with van der Waals surface area (Å²) in [5.41, 5.74) is 8.22. The molecule has 0 unspecified atom stereocenters. The van der Waals surface area contributed by atoms with Crippen LogP contribution < -0.4 is 0 Å². The third-order valence-electron chi connectivity index (χ3n) is 1.61. The zero-order valence-electron chi connectivity index (χ0n) is 7.81. The second-order valence-electron chi connectivity index (χ2n) is 2.64. The van der Waals surface area contributed by atoms with Crippen molar-refractivity contribution >= 4 is 0 Å². The molecule has 0 aliphatic heterocycles. The number of halogens is 1. The van der Waals surface area contributed by atoms with Crippen molar-refractivity contribution in [3.8, 4) is 17.6 Å². The number of aromatic hydroxyl groups is 1. The van der Waals surface area contributed by atoms with Gasteiger partial charge in [0.05, 0.1) is 5.56 Å². The molecular formula is C10H8FN3O. The molecular weight excluding hydrogens is 197 g/mol. The van der Waals surface area contributed by atoms with Crippen molar-refractivity contribution in [3.05, 3.63) is 40.0 Å². The highest BCUT2D eigenvalue weighted by atomic mass is 19.1. The maximum Gasteiger partial charge on any atom is 0.167 e. The number of hydrogen-bond donors (Lipinski definition) is 1. The van der Waals surface area contributed by atoms with Crippen molar-refractivity contribution in [2.24, 2.45) is 5.11 Å². The predicted octanol–water partition coefficient (Wildman–Crippen LogP) is 2.58. The lowest BCUT2D eigenvalue weighted by Gasteiger charge is -1.96. The number of rotatable bonds is 2. The van der Waals surface area contributed by atoms with E-state index in [0.29, 0.717) is 6.42 Å². The molecule has 5 heteroatoms. The number of benzene rings is 1. The highest BCUT2D eigenvalue weighted by Gasteiger charge is 2.02. The zero-order chi connectivity index (χ0) is 11.1. The molecule has 0 radical (unpaired) electrons. The number of hydrogen-bond acceptors (Lipinski definition) is 2. The molecule has 1 rings (SSSR count). The average molecular weight is 205 g/mol. The lowest BCUT2D eigenvalue weighted by molar-refractivity contribution is 0.431. The first-order valence-electron chi connectivity index (χ1n) is 4.23. The summed E-state index contributed by atoms with van der Waals surface area (Å²) in [5, 5.41) is 12.5. The van der Waals surface area contributed by atoms with Crippen LogP contribution in [0.5, 0.6) is 5.75 Å². The molecule has 0 aromatic heterocycles. The molecule has 0 bridgehead atoms. The van der Waals surface area contributed by atoms with E-state index in [2.05, 4.69) is 21.9 Å². The summed E-state index contributed by atoms with van der Waals surface area (Å²) in [7, 11) is 0. The number of para-hydroxylation sites is 1. The van der Waals surface area contributed by atoms with Crippen molar-refractivity contribution in [2.45, 2.75) is 6.42 Å². The Labute approximate surface area is 86.0 Å². The van der Waals surface area contributed by atoms with Gasteiger partial charge in [-0.05, 0) is 17.7 Å². The van der Waals surface area contributed by atoms with E-state index in [1.54, 1.807) is 0 Å². The van der Waals surface area contributed by atoms with Gasteiger partial charge in [0.2, 0.25) is 0 Å². The van der Waals surface area contributed by atoms with Crippen LogP contribution in [0.3, 0.4) is 0 Å². The standard InChI is InChI=1S/C10H8FN3O/c11-9-6-3-5-8(10(9)15)4-1-2-7-13-14-12/h3,5-6,15H,2,7H2. The fourth-order valence-electron chi connectivity index (χ4n) is 0.925. The van der Waals surface area contributed by atoms with Gasteiger partial charge in [0.25, 0.3) is 0 Å². The Bertz CT molecular complexity index is 455. The molecule has 4 nitrogen and oxygen atoms in total. The van der Waals surface area contributed by atoms with E-state index in [4.69, 9.17) is 5.53 Å². The monoisotopic (exact) mass is 205 g/mol. The molecule has 0 fully saturated rings. The lowest BCUT2D eigenvalue weighted by atomic mass is 10.2. The third-order valence-corrected chi connectivity index (χ3v) is 1.61. The molecule has 0 atom stereocenters. The van der Waals surface area contributed by atoms with Crippen LogP contribution in [0.4, 0.5) is 4.39 Å². The normalized spacial score (nSPS) is 8.60. The van der Waals surface area contributed by atoms with Crippen LogP contribution >= 0.6 is 0 Å². The van der Waals surface area contributed by atoms with Crippen molar-refractivity contribution in [1.29, 1.82) is 0 Å². The quantitative estimate of drug-likeness (QED) is 0.260. The lowest BCUT2D eigenvalue weighted by Crippen LogP contribution is -1.81. The summed E-state index contributed by atoms with van der Waals surface area (Å²) in [6, 6.07) is 4.13. The van der Waals surface area contributed by atoms with Gasteiger partial charge < -0.3 is 5.11 Å². The van der Waals surface area contributed by atoms with Gasteiger partial charge in [-0.1, -0.05) is 23.0 Å². The van der Waals surface area contributed by atoms with Gasteiger partial charge in [0.15, 0.2) is 11.6 Å². The molecule has 76 valence electrons. The molecule has 0 saturated heterocycles. The Morgan fingerprint density at radius 2 is 2.33 bits per heavy atom. The topological polar surface area (TPSA) is 69.0 Å². The zero-order valence-corrected chi connectivity index (χ0v) is 7.81. The van der Waals surface area contributed by atoms with E-state index in [9.17, 15) is 9.50 Å². The van der Waals surface area contributed by atoms with Crippen LogP contribution in [0.1, 0.15) is 12.0 Å². The molecule has 0 spiro atoms. The fourth-order valence-corrected chi connectivity index (χ4v) is 0.925. The first kappa shape index (κ1) is 10.9. The second kappa shape index (κ2) is 5.53. The summed E-state index contributed by atoms with van der Waals surface area (Å²) >= 11 is 0. The maximum absolute atomic E-state index is 12.8. The van der Waals surface area contributed by atoms with E-state index in [-0.39, 0.29) is 12.1 Å². The molecule has 0 aliphatic carbocycles. The Kier molecular flexibility index (Phi) is 4.02. The van der Waals surface area contributed by atoms with E-state index in [1.807, 2.05) is 0 Å². The van der Waals surface area contributed by atoms with E-state index < -0.39 is 11.6 Å². The van der Waals surface area contributed by atoms with Gasteiger partial charge in [-0.3, -0.25) is 0 Å². The molecule has 0 heterocycles. The summed E-state index contributed by atoms with van der Waals surface area (Å²) in [5.74, 6) is 4.10. The third kappa shape index (κ3) is 3.22. The van der Waals surface area contributed by atoms with Crippen LogP contribution in [0.2, 0.25) is 0 Å². The summed E-state index contributed by atoms with van der Waals surface area (Å²) in [4.78, 5) is 2.56. The summed E-state index contributed by atoms with van der Waals surface area (Å²) in [6.07, 6.45) is 0.375. The van der Waals surface area contributed by atoms with Gasteiger partial charge in [-0.2, -0.15) is 0 Å². The van der Waals surface area contributed by atoms with Crippen molar-refractivity contribution in [3.63, 3.8) is 0 Å². The van der Waals surface area contributed by atoms with Gasteiger partial charge in [0, 0.05) is 17.9 Å².